The van der Waals surface area contributed by atoms with Gasteiger partial charge in [0.25, 0.3) is 0 Å². The molecule has 2 aliphatic heterocycles. The average molecular weight is 354 g/mol. The van der Waals surface area contributed by atoms with Gasteiger partial charge in [0, 0.05) is 46.1 Å². The van der Waals surface area contributed by atoms with E-state index in [0.717, 1.165) is 38.7 Å². The van der Waals surface area contributed by atoms with Crippen LogP contribution in [0.25, 0.3) is 0 Å². The number of guanidine groups is 1. The summed E-state index contributed by atoms with van der Waals surface area (Å²) in [5, 5.41) is 6.76. The monoisotopic (exact) mass is 354 g/mol. The number of hydrogen-bond acceptors (Lipinski definition) is 5. The second-order valence-electron chi connectivity index (χ2n) is 7.16. The lowest BCUT2D eigenvalue weighted by Crippen LogP contribution is -2.46. The number of likely N-dealkylation sites (N-methyl/N-ethyl adjacent to an activating group) is 1. The minimum absolute atomic E-state index is 0.0245. The van der Waals surface area contributed by atoms with Crippen molar-refractivity contribution in [2.24, 2.45) is 4.99 Å². The zero-order chi connectivity index (χ0) is 17.7. The fraction of sp³-hybridized carbons (Fsp3) is 0.882. The standard InChI is InChI=1S/C17H30N4O4/c1-21(2)15(22)12-19-16(18-11-14-4-3-7-23-14)20-13-5-6-17(10-13)24-8-9-25-17/h13-14H,3-12H2,1-2H3,(H2,18,19,20). The Morgan fingerprint density at radius 1 is 1.24 bits per heavy atom. The molecule has 1 aliphatic carbocycles. The molecule has 3 rings (SSSR count). The highest BCUT2D eigenvalue weighted by molar-refractivity contribution is 5.85. The summed E-state index contributed by atoms with van der Waals surface area (Å²) in [6.45, 7) is 2.99. The van der Waals surface area contributed by atoms with E-state index in [9.17, 15) is 4.79 Å². The van der Waals surface area contributed by atoms with Crippen LogP contribution < -0.4 is 10.6 Å². The van der Waals surface area contributed by atoms with Crippen LogP contribution in [0.5, 0.6) is 0 Å². The fourth-order valence-electron chi connectivity index (χ4n) is 3.51. The summed E-state index contributed by atoms with van der Waals surface area (Å²) in [5.74, 6) is 0.214. The Morgan fingerprint density at radius 3 is 2.72 bits per heavy atom. The van der Waals surface area contributed by atoms with Crippen LogP contribution in [0.15, 0.2) is 4.99 Å². The van der Waals surface area contributed by atoms with Crippen molar-refractivity contribution in [2.75, 3.05) is 47.0 Å². The maximum absolute atomic E-state index is 11.8. The van der Waals surface area contributed by atoms with E-state index in [1.54, 1.807) is 19.0 Å². The molecule has 0 aromatic carbocycles. The maximum atomic E-state index is 11.8. The Morgan fingerprint density at radius 2 is 2.04 bits per heavy atom. The average Bonchev–Trinajstić information content (AvgIpc) is 3.33. The van der Waals surface area contributed by atoms with Gasteiger partial charge in [-0.2, -0.15) is 0 Å². The molecule has 0 radical (unpaired) electrons. The summed E-state index contributed by atoms with van der Waals surface area (Å²) in [4.78, 5) is 17.8. The summed E-state index contributed by atoms with van der Waals surface area (Å²) >= 11 is 0. The molecule has 1 amide bonds. The van der Waals surface area contributed by atoms with Gasteiger partial charge in [-0.25, -0.2) is 4.99 Å². The Kier molecular flexibility index (Phi) is 6.14. The number of carbonyl (C=O) groups excluding carboxylic acids is 1. The van der Waals surface area contributed by atoms with Gasteiger partial charge in [0.2, 0.25) is 5.91 Å². The predicted octanol–water partition coefficient (Wildman–Crippen LogP) is 0.0844. The lowest BCUT2D eigenvalue weighted by molar-refractivity contribution is -0.151. The molecule has 1 saturated carbocycles. The molecular weight excluding hydrogens is 324 g/mol. The Labute approximate surface area is 149 Å². The zero-order valence-electron chi connectivity index (χ0n) is 15.3. The predicted molar refractivity (Wildman–Crippen MR) is 93.4 cm³/mol. The van der Waals surface area contributed by atoms with E-state index in [1.807, 2.05) is 0 Å². The molecule has 25 heavy (non-hydrogen) atoms. The Hall–Kier alpha value is -1.38. The van der Waals surface area contributed by atoms with E-state index in [1.165, 1.54) is 0 Å². The van der Waals surface area contributed by atoms with Crippen molar-refractivity contribution in [3.8, 4) is 0 Å². The molecular formula is C17H30N4O4. The second-order valence-corrected chi connectivity index (χ2v) is 7.16. The van der Waals surface area contributed by atoms with Crippen molar-refractivity contribution >= 4 is 11.9 Å². The van der Waals surface area contributed by atoms with Crippen molar-refractivity contribution < 1.29 is 19.0 Å². The number of carbonyl (C=O) groups is 1. The van der Waals surface area contributed by atoms with Crippen LogP contribution in [0.3, 0.4) is 0 Å². The highest BCUT2D eigenvalue weighted by atomic mass is 16.7. The molecule has 2 N–H and O–H groups in total. The quantitative estimate of drug-likeness (QED) is 0.538. The van der Waals surface area contributed by atoms with Gasteiger partial charge >= 0.3 is 0 Å². The molecule has 1 spiro atoms. The first-order valence-electron chi connectivity index (χ1n) is 9.21. The maximum Gasteiger partial charge on any atom is 0.243 e. The third-order valence-electron chi connectivity index (χ3n) is 4.98. The molecule has 2 saturated heterocycles. The first kappa shape index (κ1) is 18.4. The van der Waals surface area contributed by atoms with Gasteiger partial charge in [-0.15, -0.1) is 0 Å². The van der Waals surface area contributed by atoms with Crippen LogP contribution in [0.1, 0.15) is 32.1 Å². The number of ether oxygens (including phenoxy) is 3. The minimum Gasteiger partial charge on any atom is -0.376 e. The highest BCUT2D eigenvalue weighted by Gasteiger charge is 2.44. The number of nitrogens with zero attached hydrogens (tertiary/aromatic N) is 2. The molecule has 142 valence electrons. The van der Waals surface area contributed by atoms with Crippen LogP contribution >= 0.6 is 0 Å². The molecule has 3 fully saturated rings. The molecule has 2 atom stereocenters. The largest absolute Gasteiger partial charge is 0.376 e. The second kappa shape index (κ2) is 8.33. The van der Waals surface area contributed by atoms with E-state index in [-0.39, 0.29) is 24.6 Å². The van der Waals surface area contributed by atoms with E-state index < -0.39 is 5.79 Å². The Balaban J connectivity index is 1.55. The van der Waals surface area contributed by atoms with Crippen molar-refractivity contribution in [1.82, 2.24) is 15.5 Å². The van der Waals surface area contributed by atoms with E-state index in [2.05, 4.69) is 15.6 Å². The molecule has 8 nitrogen and oxygen atoms in total. The third kappa shape index (κ3) is 5.05. The normalized spacial score (nSPS) is 28.5. The molecule has 0 bridgehead atoms. The van der Waals surface area contributed by atoms with Crippen molar-refractivity contribution in [3.05, 3.63) is 0 Å². The molecule has 8 heteroatoms. The molecule has 0 aromatic heterocycles. The fourth-order valence-corrected chi connectivity index (χ4v) is 3.51. The topological polar surface area (TPSA) is 84.4 Å². The molecule has 2 heterocycles. The van der Waals surface area contributed by atoms with Gasteiger partial charge in [0.05, 0.1) is 19.3 Å². The van der Waals surface area contributed by atoms with Crippen molar-refractivity contribution in [1.29, 1.82) is 0 Å². The summed E-state index contributed by atoms with van der Waals surface area (Å²) in [6.07, 6.45) is 5.03. The third-order valence-corrected chi connectivity index (χ3v) is 4.98. The summed E-state index contributed by atoms with van der Waals surface area (Å²) < 4.78 is 17.2. The van der Waals surface area contributed by atoms with Crippen LogP contribution in [0, 0.1) is 0 Å². The van der Waals surface area contributed by atoms with Gasteiger partial charge in [-0.05, 0) is 19.3 Å². The van der Waals surface area contributed by atoms with Crippen LogP contribution in [0.2, 0.25) is 0 Å². The number of hydrogen-bond donors (Lipinski definition) is 2. The molecule has 2 unspecified atom stereocenters. The van der Waals surface area contributed by atoms with Gasteiger partial charge < -0.3 is 29.7 Å². The highest BCUT2D eigenvalue weighted by Crippen LogP contribution is 2.37. The van der Waals surface area contributed by atoms with Gasteiger partial charge in [-0.3, -0.25) is 4.79 Å². The van der Waals surface area contributed by atoms with Crippen LogP contribution in [-0.4, -0.2) is 81.7 Å². The smallest absolute Gasteiger partial charge is 0.243 e. The van der Waals surface area contributed by atoms with Crippen molar-refractivity contribution in [3.63, 3.8) is 0 Å². The first-order chi connectivity index (χ1) is 12.1. The molecule has 0 aromatic rings. The van der Waals surface area contributed by atoms with Crippen LogP contribution in [-0.2, 0) is 19.0 Å². The summed E-state index contributed by atoms with van der Waals surface area (Å²) in [6, 6.07) is 0.225. The van der Waals surface area contributed by atoms with Gasteiger partial charge in [0.1, 0.15) is 6.54 Å². The first-order valence-corrected chi connectivity index (χ1v) is 9.21. The SMILES string of the molecule is CN(C)C(=O)CN=C(NCC1CCCO1)NC1CCC2(C1)OCCO2. The number of nitrogens with one attached hydrogen (secondary N) is 2. The van der Waals surface area contributed by atoms with E-state index >= 15 is 0 Å². The Bertz CT molecular complexity index is 485. The lowest BCUT2D eigenvalue weighted by atomic mass is 10.2. The van der Waals surface area contributed by atoms with Crippen molar-refractivity contribution in [2.45, 2.75) is 50.0 Å². The van der Waals surface area contributed by atoms with Gasteiger partial charge in [-0.1, -0.05) is 0 Å². The minimum atomic E-state index is -0.420. The lowest BCUT2D eigenvalue weighted by Gasteiger charge is -2.23. The summed E-state index contributed by atoms with van der Waals surface area (Å²) in [5.41, 5.74) is 0. The van der Waals surface area contributed by atoms with E-state index in [4.69, 9.17) is 14.2 Å². The zero-order valence-corrected chi connectivity index (χ0v) is 15.3. The number of amides is 1. The number of rotatable bonds is 5. The van der Waals surface area contributed by atoms with Crippen LogP contribution in [0.4, 0.5) is 0 Å². The summed E-state index contributed by atoms with van der Waals surface area (Å²) in [7, 11) is 3.47. The molecule has 3 aliphatic rings. The number of aliphatic imine (C=N–C) groups is 1. The van der Waals surface area contributed by atoms with E-state index in [0.29, 0.717) is 25.7 Å². The van der Waals surface area contributed by atoms with Gasteiger partial charge in [0.15, 0.2) is 11.7 Å².